The van der Waals surface area contributed by atoms with E-state index in [0.29, 0.717) is 16.3 Å². The maximum Gasteiger partial charge on any atom is 0.356 e. The number of benzene rings is 1. The summed E-state index contributed by atoms with van der Waals surface area (Å²) in [6.45, 7) is 1.53. The molecule has 2 aromatic rings. The van der Waals surface area contributed by atoms with Crippen LogP contribution in [-0.4, -0.2) is 26.5 Å². The summed E-state index contributed by atoms with van der Waals surface area (Å²) in [4.78, 5) is 26.3. The van der Waals surface area contributed by atoms with E-state index in [1.165, 1.54) is 35.1 Å². The number of carbonyl (C=O) groups is 1. The van der Waals surface area contributed by atoms with Crippen molar-refractivity contribution in [2.75, 3.05) is 0 Å². The molecule has 0 bridgehead atoms. The fourth-order valence-corrected chi connectivity index (χ4v) is 1.79. The zero-order valence-electron chi connectivity index (χ0n) is 12.0. The average Bonchev–Trinajstić information content (AvgIpc) is 2.82. The third kappa shape index (κ3) is 4.27. The Morgan fingerprint density at radius 1 is 1.48 bits per heavy atom. The standard InChI is InChI=1S/C13H12ClN5O4/c1-8-11(14)6-18(16-8)7-12(20)23-17-13(15)9-2-4-10(5-3-9)19(21)22/h2-6H,7H2,1H3,(H2,15,17). The molecule has 0 aliphatic heterocycles. The van der Waals surface area contributed by atoms with Crippen molar-refractivity contribution in [3.05, 3.63) is 56.9 Å². The third-order valence-electron chi connectivity index (χ3n) is 2.80. The smallest absolute Gasteiger partial charge is 0.356 e. The largest absolute Gasteiger partial charge is 0.380 e. The molecule has 23 heavy (non-hydrogen) atoms. The van der Waals surface area contributed by atoms with E-state index in [0.717, 1.165) is 0 Å². The van der Waals surface area contributed by atoms with Crippen LogP contribution in [0.3, 0.4) is 0 Å². The van der Waals surface area contributed by atoms with Gasteiger partial charge in [0.05, 0.1) is 15.6 Å². The molecule has 0 atom stereocenters. The summed E-state index contributed by atoms with van der Waals surface area (Å²) < 4.78 is 1.32. The van der Waals surface area contributed by atoms with Gasteiger partial charge in [-0.15, -0.1) is 0 Å². The maximum absolute atomic E-state index is 11.6. The van der Waals surface area contributed by atoms with Crippen molar-refractivity contribution in [3.8, 4) is 0 Å². The molecular weight excluding hydrogens is 326 g/mol. The van der Waals surface area contributed by atoms with E-state index in [1.807, 2.05) is 0 Å². The highest BCUT2D eigenvalue weighted by molar-refractivity contribution is 6.31. The van der Waals surface area contributed by atoms with Crippen molar-refractivity contribution in [2.24, 2.45) is 10.9 Å². The number of nitrogens with zero attached hydrogens (tertiary/aromatic N) is 4. The minimum Gasteiger partial charge on any atom is -0.380 e. The molecule has 2 N–H and O–H groups in total. The Labute approximate surface area is 135 Å². The fourth-order valence-electron chi connectivity index (χ4n) is 1.64. The number of nitro benzene ring substituents is 1. The molecule has 2 rings (SSSR count). The minimum atomic E-state index is -0.686. The molecule has 1 aromatic carbocycles. The SMILES string of the molecule is Cc1nn(CC(=O)O/N=C(\N)c2ccc([N+](=O)[O-])cc2)cc1Cl. The number of halogens is 1. The molecule has 0 spiro atoms. The molecule has 0 unspecified atom stereocenters. The Kier molecular flexibility index (Phi) is 4.91. The minimum absolute atomic E-state index is 0.0792. The first-order valence-electron chi connectivity index (χ1n) is 6.34. The monoisotopic (exact) mass is 337 g/mol. The number of carbonyl (C=O) groups excluding carboxylic acids is 1. The molecule has 1 heterocycles. The second-order valence-electron chi connectivity index (χ2n) is 4.50. The van der Waals surface area contributed by atoms with Gasteiger partial charge in [-0.25, -0.2) is 4.79 Å². The van der Waals surface area contributed by atoms with E-state index in [2.05, 4.69) is 15.1 Å². The van der Waals surface area contributed by atoms with Gasteiger partial charge in [0.15, 0.2) is 5.84 Å². The zero-order valence-corrected chi connectivity index (χ0v) is 12.7. The molecule has 120 valence electrons. The predicted molar refractivity (Wildman–Crippen MR) is 81.9 cm³/mol. The van der Waals surface area contributed by atoms with E-state index in [1.54, 1.807) is 6.92 Å². The fraction of sp³-hybridized carbons (Fsp3) is 0.154. The summed E-state index contributed by atoms with van der Waals surface area (Å²) in [5.41, 5.74) is 6.55. The van der Waals surface area contributed by atoms with Crippen molar-refractivity contribution >= 4 is 29.1 Å². The molecule has 0 saturated heterocycles. The van der Waals surface area contributed by atoms with E-state index < -0.39 is 10.9 Å². The lowest BCUT2D eigenvalue weighted by atomic mass is 10.2. The molecule has 0 saturated carbocycles. The van der Waals surface area contributed by atoms with Crippen LogP contribution in [0, 0.1) is 17.0 Å². The average molecular weight is 338 g/mol. The number of hydrogen-bond acceptors (Lipinski definition) is 6. The Morgan fingerprint density at radius 2 is 2.13 bits per heavy atom. The maximum atomic E-state index is 11.6. The van der Waals surface area contributed by atoms with Gasteiger partial charge in [-0.05, 0) is 19.1 Å². The molecule has 0 aliphatic carbocycles. The second-order valence-corrected chi connectivity index (χ2v) is 4.91. The summed E-state index contributed by atoms with van der Waals surface area (Å²) in [7, 11) is 0. The highest BCUT2D eigenvalue weighted by Gasteiger charge is 2.10. The van der Waals surface area contributed by atoms with E-state index in [4.69, 9.17) is 17.3 Å². The van der Waals surface area contributed by atoms with Crippen LogP contribution in [0.25, 0.3) is 0 Å². The summed E-state index contributed by atoms with van der Waals surface area (Å²) >= 11 is 5.82. The topological polar surface area (TPSA) is 126 Å². The van der Waals surface area contributed by atoms with Crippen molar-refractivity contribution in [1.82, 2.24) is 9.78 Å². The summed E-state index contributed by atoms with van der Waals surface area (Å²) in [5.74, 6) is -0.767. The second kappa shape index (κ2) is 6.88. The number of nitrogens with two attached hydrogens (primary N) is 1. The van der Waals surface area contributed by atoms with Gasteiger partial charge in [0.2, 0.25) is 0 Å². The van der Waals surface area contributed by atoms with Gasteiger partial charge in [-0.1, -0.05) is 16.8 Å². The van der Waals surface area contributed by atoms with Gasteiger partial charge in [-0.3, -0.25) is 14.8 Å². The van der Waals surface area contributed by atoms with Crippen molar-refractivity contribution in [1.29, 1.82) is 0 Å². The summed E-state index contributed by atoms with van der Waals surface area (Å²) in [5, 5.41) is 18.5. The number of rotatable bonds is 5. The number of non-ortho nitro benzene ring substituents is 1. The van der Waals surface area contributed by atoms with Crippen LogP contribution in [0.2, 0.25) is 5.02 Å². The van der Waals surface area contributed by atoms with Crippen LogP contribution in [0.15, 0.2) is 35.6 Å². The Balaban J connectivity index is 1.98. The van der Waals surface area contributed by atoms with Gasteiger partial charge in [-0.2, -0.15) is 5.10 Å². The predicted octanol–water partition coefficient (Wildman–Crippen LogP) is 1.62. The van der Waals surface area contributed by atoms with Gasteiger partial charge in [0.1, 0.15) is 6.54 Å². The third-order valence-corrected chi connectivity index (χ3v) is 3.17. The summed E-state index contributed by atoms with van der Waals surface area (Å²) in [6, 6.07) is 5.35. The molecule has 0 radical (unpaired) electrons. The lowest BCUT2D eigenvalue weighted by Gasteiger charge is -2.01. The first kappa shape index (κ1) is 16.4. The first-order chi connectivity index (χ1) is 10.9. The van der Waals surface area contributed by atoms with Crippen LogP contribution in [-0.2, 0) is 16.2 Å². The molecular formula is C13H12ClN5O4. The van der Waals surface area contributed by atoms with Gasteiger partial charge in [0, 0.05) is 23.9 Å². The van der Waals surface area contributed by atoms with E-state index in [9.17, 15) is 14.9 Å². The van der Waals surface area contributed by atoms with Gasteiger partial charge in [0.25, 0.3) is 5.69 Å². The normalized spacial score (nSPS) is 11.3. The van der Waals surface area contributed by atoms with Crippen molar-refractivity contribution in [3.63, 3.8) is 0 Å². The molecule has 9 nitrogen and oxygen atoms in total. The van der Waals surface area contributed by atoms with E-state index >= 15 is 0 Å². The number of amidine groups is 1. The van der Waals surface area contributed by atoms with Crippen molar-refractivity contribution in [2.45, 2.75) is 13.5 Å². The van der Waals surface area contributed by atoms with Gasteiger partial charge < -0.3 is 10.6 Å². The number of aryl methyl sites for hydroxylation is 1. The first-order valence-corrected chi connectivity index (χ1v) is 6.72. The molecule has 0 aliphatic rings. The Morgan fingerprint density at radius 3 is 2.65 bits per heavy atom. The number of aromatic nitrogens is 2. The zero-order chi connectivity index (χ0) is 17.0. The van der Waals surface area contributed by atoms with Crippen LogP contribution in [0.5, 0.6) is 0 Å². The van der Waals surface area contributed by atoms with Gasteiger partial charge >= 0.3 is 5.97 Å². The van der Waals surface area contributed by atoms with Crippen LogP contribution >= 0.6 is 11.6 Å². The quantitative estimate of drug-likeness (QED) is 0.290. The highest BCUT2D eigenvalue weighted by Crippen LogP contribution is 2.13. The Hall–Kier alpha value is -2.94. The molecule has 0 amide bonds. The lowest BCUT2D eigenvalue weighted by molar-refractivity contribution is -0.384. The Bertz CT molecular complexity index is 750. The number of oxime groups is 1. The van der Waals surface area contributed by atoms with Crippen LogP contribution < -0.4 is 5.73 Å². The number of nitro groups is 1. The van der Waals surface area contributed by atoms with E-state index in [-0.39, 0.29) is 18.1 Å². The molecule has 10 heteroatoms. The molecule has 1 aromatic heterocycles. The molecule has 0 fully saturated rings. The highest BCUT2D eigenvalue weighted by atomic mass is 35.5. The number of hydrogen-bond donors (Lipinski definition) is 1. The van der Waals surface area contributed by atoms with Crippen LogP contribution in [0.1, 0.15) is 11.3 Å². The summed E-state index contributed by atoms with van der Waals surface area (Å²) in [6.07, 6.45) is 1.49. The lowest BCUT2D eigenvalue weighted by Crippen LogP contribution is -2.17. The van der Waals surface area contributed by atoms with Crippen molar-refractivity contribution < 1.29 is 14.6 Å². The van der Waals surface area contributed by atoms with Crippen LogP contribution in [0.4, 0.5) is 5.69 Å².